The Hall–Kier alpha value is -0.610. The first-order valence-corrected chi connectivity index (χ1v) is 6.70. The second-order valence-electron chi connectivity index (χ2n) is 5.42. The number of carbonyl (C=O) groups is 1. The van der Waals surface area contributed by atoms with Crippen molar-refractivity contribution in [3.63, 3.8) is 0 Å². The normalized spacial score (nSPS) is 27.1. The van der Waals surface area contributed by atoms with Gasteiger partial charge in [-0.15, -0.1) is 0 Å². The molecule has 17 heavy (non-hydrogen) atoms. The highest BCUT2D eigenvalue weighted by molar-refractivity contribution is 5.81. The molecule has 0 aromatic carbocycles. The number of rotatable bonds is 5. The van der Waals surface area contributed by atoms with Crippen molar-refractivity contribution in [2.45, 2.75) is 40.2 Å². The summed E-state index contributed by atoms with van der Waals surface area (Å²) in [7, 11) is 0. The number of hydrogen-bond donors (Lipinski definition) is 1. The van der Waals surface area contributed by atoms with E-state index in [4.69, 9.17) is 5.73 Å². The van der Waals surface area contributed by atoms with Crippen LogP contribution in [0.25, 0.3) is 0 Å². The zero-order valence-corrected chi connectivity index (χ0v) is 11.7. The first kappa shape index (κ1) is 14.5. The maximum atomic E-state index is 12.2. The Morgan fingerprint density at radius 2 is 2.06 bits per heavy atom. The summed E-state index contributed by atoms with van der Waals surface area (Å²) in [6, 6.07) is -0.0109. The fourth-order valence-electron chi connectivity index (χ4n) is 2.51. The monoisotopic (exact) mass is 241 g/mol. The maximum absolute atomic E-state index is 12.2. The van der Waals surface area contributed by atoms with E-state index in [9.17, 15) is 4.79 Å². The summed E-state index contributed by atoms with van der Waals surface area (Å²) < 4.78 is 0. The molecule has 2 N–H and O–H groups in total. The number of nitrogens with zero attached hydrogens (tertiary/aromatic N) is 2. The molecule has 1 heterocycles. The van der Waals surface area contributed by atoms with Crippen LogP contribution in [-0.2, 0) is 4.79 Å². The van der Waals surface area contributed by atoms with Crippen LogP contribution in [0, 0.1) is 5.41 Å². The minimum absolute atomic E-state index is 0.0109. The summed E-state index contributed by atoms with van der Waals surface area (Å²) in [5.74, 6) is 0.247. The number of likely N-dealkylation sites (N-methyl/N-ethyl adjacent to an activating group) is 1. The van der Waals surface area contributed by atoms with E-state index in [2.05, 4.69) is 11.8 Å². The van der Waals surface area contributed by atoms with E-state index in [0.717, 1.165) is 32.6 Å². The third-order valence-electron chi connectivity index (χ3n) is 4.06. The third-order valence-corrected chi connectivity index (χ3v) is 4.06. The van der Waals surface area contributed by atoms with Crippen LogP contribution in [0.5, 0.6) is 0 Å². The molecule has 100 valence electrons. The molecule has 2 unspecified atom stereocenters. The molecular weight excluding hydrogens is 214 g/mol. The van der Waals surface area contributed by atoms with Crippen LogP contribution in [0.15, 0.2) is 0 Å². The summed E-state index contributed by atoms with van der Waals surface area (Å²) in [6.07, 6.45) is 1.10. The van der Waals surface area contributed by atoms with Crippen molar-refractivity contribution in [2.24, 2.45) is 11.1 Å². The molecule has 0 aromatic heterocycles. The Labute approximate surface area is 105 Å². The van der Waals surface area contributed by atoms with Crippen molar-refractivity contribution in [2.75, 3.05) is 32.7 Å². The van der Waals surface area contributed by atoms with Gasteiger partial charge in [-0.1, -0.05) is 6.92 Å². The molecule has 0 aromatic rings. The lowest BCUT2D eigenvalue weighted by molar-refractivity contribution is -0.135. The lowest BCUT2D eigenvalue weighted by atomic mass is 9.90. The van der Waals surface area contributed by atoms with Gasteiger partial charge in [0, 0.05) is 19.6 Å². The zero-order valence-electron chi connectivity index (χ0n) is 11.7. The van der Waals surface area contributed by atoms with Crippen LogP contribution in [-0.4, -0.2) is 54.5 Å². The first-order valence-electron chi connectivity index (χ1n) is 6.70. The minimum atomic E-state index is -0.0109. The predicted octanol–water partition coefficient (Wildman–Crippen LogP) is 0.914. The molecule has 1 saturated heterocycles. The van der Waals surface area contributed by atoms with Gasteiger partial charge in [-0.2, -0.15) is 0 Å². The Kier molecular flexibility index (Phi) is 4.95. The van der Waals surface area contributed by atoms with Gasteiger partial charge in [0.1, 0.15) is 0 Å². The van der Waals surface area contributed by atoms with E-state index in [1.807, 2.05) is 25.7 Å². The zero-order chi connectivity index (χ0) is 13.1. The van der Waals surface area contributed by atoms with E-state index in [0.29, 0.717) is 6.54 Å². The molecule has 1 rings (SSSR count). The molecule has 4 nitrogen and oxygen atoms in total. The van der Waals surface area contributed by atoms with E-state index in [1.165, 1.54) is 0 Å². The van der Waals surface area contributed by atoms with Crippen LogP contribution in [0.4, 0.5) is 0 Å². The van der Waals surface area contributed by atoms with Crippen LogP contribution >= 0.6 is 0 Å². The topological polar surface area (TPSA) is 49.6 Å². The second kappa shape index (κ2) is 5.83. The van der Waals surface area contributed by atoms with Gasteiger partial charge < -0.3 is 10.6 Å². The summed E-state index contributed by atoms with van der Waals surface area (Å²) in [6.45, 7) is 12.5. The number of carbonyl (C=O) groups excluding carboxylic acids is 1. The van der Waals surface area contributed by atoms with Gasteiger partial charge >= 0.3 is 0 Å². The Morgan fingerprint density at radius 1 is 1.47 bits per heavy atom. The molecular formula is C13H27N3O. The average Bonchev–Trinajstić information content (AvgIpc) is 2.73. The molecule has 0 bridgehead atoms. The van der Waals surface area contributed by atoms with Crippen molar-refractivity contribution < 1.29 is 4.79 Å². The van der Waals surface area contributed by atoms with E-state index >= 15 is 0 Å². The highest BCUT2D eigenvalue weighted by atomic mass is 16.2. The molecule has 0 radical (unpaired) electrons. The van der Waals surface area contributed by atoms with Crippen molar-refractivity contribution in [3.05, 3.63) is 0 Å². The van der Waals surface area contributed by atoms with Crippen molar-refractivity contribution in [1.29, 1.82) is 0 Å². The summed E-state index contributed by atoms with van der Waals surface area (Å²) >= 11 is 0. The van der Waals surface area contributed by atoms with Crippen LogP contribution in [0.1, 0.15) is 34.1 Å². The van der Waals surface area contributed by atoms with Crippen LogP contribution < -0.4 is 5.73 Å². The van der Waals surface area contributed by atoms with Crippen LogP contribution in [0.3, 0.4) is 0 Å². The summed E-state index contributed by atoms with van der Waals surface area (Å²) in [5.41, 5.74) is 5.99. The molecule has 1 aliphatic heterocycles. The Morgan fingerprint density at radius 3 is 2.47 bits per heavy atom. The fourth-order valence-corrected chi connectivity index (χ4v) is 2.51. The SMILES string of the molecule is CCN(CC)C(=O)C(C)N1CCC(C)(CN)C1. The largest absolute Gasteiger partial charge is 0.342 e. The predicted molar refractivity (Wildman–Crippen MR) is 70.7 cm³/mol. The number of hydrogen-bond acceptors (Lipinski definition) is 3. The number of likely N-dealkylation sites (tertiary alicyclic amines) is 1. The highest BCUT2D eigenvalue weighted by Gasteiger charge is 2.37. The molecule has 0 spiro atoms. The summed E-state index contributed by atoms with van der Waals surface area (Å²) in [4.78, 5) is 16.4. The standard InChI is InChI=1S/C13H27N3O/c1-5-15(6-2)12(17)11(3)16-8-7-13(4,9-14)10-16/h11H,5-10,14H2,1-4H3. The maximum Gasteiger partial charge on any atom is 0.239 e. The lowest BCUT2D eigenvalue weighted by Gasteiger charge is -2.30. The second-order valence-corrected chi connectivity index (χ2v) is 5.42. The van der Waals surface area contributed by atoms with Gasteiger partial charge in [0.05, 0.1) is 6.04 Å². The third kappa shape index (κ3) is 3.19. The van der Waals surface area contributed by atoms with E-state index in [-0.39, 0.29) is 17.4 Å². The van der Waals surface area contributed by atoms with Crippen molar-refractivity contribution >= 4 is 5.91 Å². The van der Waals surface area contributed by atoms with Crippen molar-refractivity contribution in [3.8, 4) is 0 Å². The van der Waals surface area contributed by atoms with E-state index < -0.39 is 0 Å². The van der Waals surface area contributed by atoms with Gasteiger partial charge in [0.25, 0.3) is 0 Å². The molecule has 0 aliphatic carbocycles. The van der Waals surface area contributed by atoms with E-state index in [1.54, 1.807) is 0 Å². The molecule has 1 fully saturated rings. The average molecular weight is 241 g/mol. The Bertz CT molecular complexity index is 265. The fraction of sp³-hybridized carbons (Fsp3) is 0.923. The Balaban J connectivity index is 2.60. The van der Waals surface area contributed by atoms with Crippen LogP contribution in [0.2, 0.25) is 0 Å². The molecule has 2 atom stereocenters. The van der Waals surface area contributed by atoms with Gasteiger partial charge in [-0.25, -0.2) is 0 Å². The highest BCUT2D eigenvalue weighted by Crippen LogP contribution is 2.30. The lowest BCUT2D eigenvalue weighted by Crippen LogP contribution is -2.47. The molecule has 1 amide bonds. The quantitative estimate of drug-likeness (QED) is 0.778. The molecule has 1 aliphatic rings. The van der Waals surface area contributed by atoms with Gasteiger partial charge in [-0.3, -0.25) is 9.69 Å². The van der Waals surface area contributed by atoms with Gasteiger partial charge in [-0.05, 0) is 45.7 Å². The van der Waals surface area contributed by atoms with Gasteiger partial charge in [0.15, 0.2) is 0 Å². The number of amides is 1. The van der Waals surface area contributed by atoms with Gasteiger partial charge in [0.2, 0.25) is 5.91 Å². The number of nitrogens with two attached hydrogens (primary N) is 1. The first-order chi connectivity index (χ1) is 7.97. The molecule has 0 saturated carbocycles. The van der Waals surface area contributed by atoms with Crippen molar-refractivity contribution in [1.82, 2.24) is 9.80 Å². The molecule has 4 heteroatoms. The smallest absolute Gasteiger partial charge is 0.239 e. The summed E-state index contributed by atoms with van der Waals surface area (Å²) in [5, 5.41) is 0. The minimum Gasteiger partial charge on any atom is -0.342 e.